The highest BCUT2D eigenvalue weighted by molar-refractivity contribution is 7.63. The monoisotopic (exact) mass is 186 g/mol. The average molecular weight is 186 g/mol. The third kappa shape index (κ3) is 7.48. The van der Waals surface area contributed by atoms with Crippen LogP contribution < -0.4 is 0 Å². The lowest BCUT2D eigenvalue weighted by atomic mass is 11.6. The van der Waals surface area contributed by atoms with Crippen LogP contribution >= 0.6 is 7.14 Å². The van der Waals surface area contributed by atoms with Crippen molar-refractivity contribution in [2.24, 2.45) is 0 Å². The lowest BCUT2D eigenvalue weighted by molar-refractivity contribution is -0.122. The molecule has 0 aromatic rings. The van der Waals surface area contributed by atoms with Gasteiger partial charge in [-0.15, -0.1) is 0 Å². The van der Waals surface area contributed by atoms with E-state index in [4.69, 9.17) is 25.2 Å². The Balaban J connectivity index is 0. The first-order chi connectivity index (χ1) is 5.10. The van der Waals surface area contributed by atoms with Gasteiger partial charge in [-0.3, -0.25) is 4.79 Å². The van der Waals surface area contributed by atoms with E-state index in [0.717, 1.165) is 0 Å². The molecule has 0 bridgehead atoms. The Kier molecular flexibility index (Phi) is 9.21. The van der Waals surface area contributed by atoms with Gasteiger partial charge in [0.05, 0.1) is 0 Å². The molecule has 0 aromatic heterocycles. The Hall–Kier alpha value is -0.420. The van der Waals surface area contributed by atoms with Crippen molar-refractivity contribution in [3.8, 4) is 0 Å². The fourth-order valence-corrected chi connectivity index (χ4v) is 0.402. The topological polar surface area (TPSA) is 115 Å². The second-order valence-electron chi connectivity index (χ2n) is 1.59. The summed E-state index contributed by atoms with van der Waals surface area (Å²) >= 11 is 0. The molecule has 0 aliphatic heterocycles. The lowest BCUT2D eigenvalue weighted by Crippen LogP contribution is -1.97. The molecule has 11 heavy (non-hydrogen) atoms. The molecule has 0 aromatic carbocycles. The average Bonchev–Trinajstić information content (AvgIpc) is 2.05. The molecule has 7 heteroatoms. The summed E-state index contributed by atoms with van der Waals surface area (Å²) in [7, 11) is -3.00. The van der Waals surface area contributed by atoms with E-state index in [2.05, 4.69) is 0 Å². The second kappa shape index (κ2) is 7.68. The Morgan fingerprint density at radius 1 is 1.09 bits per heavy atom. The highest BCUT2D eigenvalue weighted by atomic mass is 31.2. The Bertz CT molecular complexity index is 116. The van der Waals surface area contributed by atoms with Crippen molar-refractivity contribution in [3.05, 3.63) is 0 Å². The molecule has 4 N–H and O–H groups in total. The van der Waals surface area contributed by atoms with E-state index in [1.165, 1.54) is 0 Å². The van der Waals surface area contributed by atoms with Crippen molar-refractivity contribution in [2.45, 2.75) is 0 Å². The molecule has 0 aliphatic rings. The van der Waals surface area contributed by atoms with Crippen LogP contribution in [0.4, 0.5) is 0 Å². The minimum absolute atomic E-state index is 0.250. The van der Waals surface area contributed by atoms with Gasteiger partial charge in [-0.05, 0) is 0 Å². The zero-order valence-electron chi connectivity index (χ0n) is 5.75. The summed E-state index contributed by atoms with van der Waals surface area (Å²) in [6.45, 7) is -0.250. The molecule has 0 fully saturated rings. The Morgan fingerprint density at radius 3 is 1.27 bits per heavy atom. The van der Waals surface area contributed by atoms with Crippen LogP contribution in [0.2, 0.25) is 0 Å². The van der Waals surface area contributed by atoms with Crippen LogP contribution in [0.25, 0.3) is 0 Å². The van der Waals surface area contributed by atoms with Crippen molar-refractivity contribution < 1.29 is 29.8 Å². The van der Waals surface area contributed by atoms with E-state index in [1.54, 1.807) is 0 Å². The van der Waals surface area contributed by atoms with E-state index >= 15 is 0 Å². The number of carbonyl (C=O) groups is 1. The summed E-state index contributed by atoms with van der Waals surface area (Å²) in [5.41, 5.74) is 0. The molecule has 0 rings (SSSR count). The van der Waals surface area contributed by atoms with Crippen molar-refractivity contribution in [2.75, 3.05) is 19.0 Å². The minimum atomic E-state index is -3.00. The van der Waals surface area contributed by atoms with Crippen LogP contribution in [0.3, 0.4) is 0 Å². The first-order valence-corrected chi connectivity index (χ1v) is 4.84. The molecule has 0 amide bonds. The van der Waals surface area contributed by atoms with E-state index in [-0.39, 0.29) is 6.47 Å². The number of rotatable bonds is 3. The summed E-state index contributed by atoms with van der Waals surface area (Å²) in [5.74, 6) is 0. The van der Waals surface area contributed by atoms with Crippen molar-refractivity contribution in [1.82, 2.24) is 0 Å². The molecule has 0 unspecified atom stereocenters. The van der Waals surface area contributed by atoms with Gasteiger partial charge in [-0.1, -0.05) is 0 Å². The summed E-state index contributed by atoms with van der Waals surface area (Å²) in [6.07, 6.45) is -1.88. The molecule has 0 atom stereocenters. The number of aliphatic hydroxyl groups excluding tert-OH is 3. The Labute approximate surface area is 63.5 Å². The number of hydrogen-bond acceptors (Lipinski definition) is 5. The van der Waals surface area contributed by atoms with E-state index in [9.17, 15) is 4.57 Å². The molecule has 0 heterocycles. The highest BCUT2D eigenvalue weighted by Gasteiger charge is 2.16. The van der Waals surface area contributed by atoms with Crippen LogP contribution in [-0.2, 0) is 9.36 Å². The van der Waals surface area contributed by atoms with Gasteiger partial charge in [0.1, 0.15) is 19.0 Å². The zero-order valence-corrected chi connectivity index (χ0v) is 6.65. The normalized spacial score (nSPS) is 9.73. The molecular weight excluding hydrogens is 175 g/mol. The molecule has 0 saturated heterocycles. The van der Waals surface area contributed by atoms with Crippen LogP contribution in [-0.4, -0.2) is 45.9 Å². The van der Waals surface area contributed by atoms with Crippen LogP contribution in [0.5, 0.6) is 0 Å². The first kappa shape index (κ1) is 13.2. The smallest absolute Gasteiger partial charge is 0.290 e. The Morgan fingerprint density at radius 2 is 1.27 bits per heavy atom. The molecule has 0 saturated carbocycles. The largest absolute Gasteiger partial charge is 0.483 e. The lowest BCUT2D eigenvalue weighted by Gasteiger charge is -2.05. The van der Waals surface area contributed by atoms with Gasteiger partial charge in [-0.25, -0.2) is 0 Å². The molecule has 0 radical (unpaired) electrons. The predicted molar refractivity (Wildman–Crippen MR) is 37.6 cm³/mol. The number of aliphatic hydroxyl groups is 3. The maximum Gasteiger partial charge on any atom is 0.290 e. The number of carboxylic acid groups (broad SMARTS) is 1. The van der Waals surface area contributed by atoms with Crippen molar-refractivity contribution in [3.63, 3.8) is 0 Å². The van der Waals surface area contributed by atoms with Gasteiger partial charge >= 0.3 is 0 Å². The quantitative estimate of drug-likeness (QED) is 0.328. The maximum absolute atomic E-state index is 10.6. The van der Waals surface area contributed by atoms with Gasteiger partial charge in [0.2, 0.25) is 0 Å². The van der Waals surface area contributed by atoms with Crippen molar-refractivity contribution >= 4 is 13.6 Å². The number of hydrogen-bond donors (Lipinski definition) is 4. The van der Waals surface area contributed by atoms with Gasteiger partial charge in [0.25, 0.3) is 6.47 Å². The third-order valence-electron chi connectivity index (χ3n) is 0.773. The fraction of sp³-hybridized carbons (Fsp3) is 0.750. The third-order valence-corrected chi connectivity index (χ3v) is 2.32. The molecule has 6 nitrogen and oxygen atoms in total. The van der Waals surface area contributed by atoms with Gasteiger partial charge in [-0.2, -0.15) is 0 Å². The summed E-state index contributed by atoms with van der Waals surface area (Å²) in [6, 6.07) is 0. The summed E-state index contributed by atoms with van der Waals surface area (Å²) in [4.78, 5) is 8.36. The van der Waals surface area contributed by atoms with E-state index in [0.29, 0.717) is 0 Å². The van der Waals surface area contributed by atoms with Gasteiger partial charge in [0, 0.05) is 0 Å². The van der Waals surface area contributed by atoms with Crippen LogP contribution in [0.1, 0.15) is 0 Å². The standard InChI is InChI=1S/C3H9O4P.CH2O2/c4-1-8(7,2-5)3-6;2-1-3/h4-6H,1-3H2;1H,(H,2,3). The summed E-state index contributed by atoms with van der Waals surface area (Å²) < 4.78 is 10.6. The first-order valence-electron chi connectivity index (χ1n) is 2.57. The minimum Gasteiger partial charge on any atom is -0.483 e. The van der Waals surface area contributed by atoms with Crippen LogP contribution in [0, 0.1) is 0 Å². The molecule has 0 spiro atoms. The predicted octanol–water partition coefficient (Wildman–Crippen LogP) is -1.10. The molecule has 68 valence electrons. The fourth-order valence-electron chi connectivity index (χ4n) is 0.134. The molecular formula is C4H11O6P. The van der Waals surface area contributed by atoms with Crippen molar-refractivity contribution in [1.29, 1.82) is 0 Å². The summed E-state index contributed by atoms with van der Waals surface area (Å²) in [5, 5.41) is 31.5. The van der Waals surface area contributed by atoms with Gasteiger partial charge < -0.3 is 25.0 Å². The van der Waals surface area contributed by atoms with Crippen LogP contribution in [0.15, 0.2) is 0 Å². The highest BCUT2D eigenvalue weighted by Crippen LogP contribution is 2.40. The zero-order chi connectivity index (χ0) is 9.33. The van der Waals surface area contributed by atoms with E-state index in [1.807, 2.05) is 0 Å². The van der Waals surface area contributed by atoms with E-state index < -0.39 is 26.2 Å². The second-order valence-corrected chi connectivity index (χ2v) is 4.55. The molecule has 0 aliphatic carbocycles. The maximum atomic E-state index is 10.6. The SMILES string of the molecule is O=CO.O=P(CO)(CO)CO. The van der Waals surface area contributed by atoms with Gasteiger partial charge in [0.15, 0.2) is 7.14 Å².